The quantitative estimate of drug-likeness (QED) is 0.651. The summed E-state index contributed by atoms with van der Waals surface area (Å²) in [6, 6.07) is 9.38. The fourth-order valence-electron chi connectivity index (χ4n) is 3.85. The first-order valence-corrected chi connectivity index (χ1v) is 9.66. The average Bonchev–Trinajstić information content (AvgIpc) is 3.16. The van der Waals surface area contributed by atoms with E-state index in [9.17, 15) is 14.0 Å². The lowest BCUT2D eigenvalue weighted by atomic mass is 9.87. The van der Waals surface area contributed by atoms with Crippen LogP contribution >= 0.6 is 0 Å². The highest BCUT2D eigenvalue weighted by Gasteiger charge is 2.23. The lowest BCUT2D eigenvalue weighted by Gasteiger charge is -2.25. The molecule has 0 bridgehead atoms. The predicted octanol–water partition coefficient (Wildman–Crippen LogP) is 4.37. The number of nitrogens with zero attached hydrogens (tertiary/aromatic N) is 2. The van der Waals surface area contributed by atoms with Gasteiger partial charge in [-0.15, -0.1) is 0 Å². The number of carbonyl (C=O) groups is 2. The number of amides is 1. The van der Waals surface area contributed by atoms with Crippen LogP contribution in [0.25, 0.3) is 10.9 Å². The molecule has 29 heavy (non-hydrogen) atoms. The van der Waals surface area contributed by atoms with Gasteiger partial charge in [-0.3, -0.25) is 9.48 Å². The SMILES string of the molecule is COc1cc2nn(C3CCC(C=O)CC3)cc2cc1NC(=O)c1cccc(F)c1. The lowest BCUT2D eigenvalue weighted by molar-refractivity contribution is -0.112. The Hall–Kier alpha value is -3.22. The summed E-state index contributed by atoms with van der Waals surface area (Å²) in [6.07, 6.45) is 6.59. The second kappa shape index (κ2) is 8.03. The van der Waals surface area contributed by atoms with E-state index in [1.807, 2.05) is 16.9 Å². The van der Waals surface area contributed by atoms with Gasteiger partial charge in [-0.25, -0.2) is 4.39 Å². The Morgan fingerprint density at radius 2 is 2.03 bits per heavy atom. The number of aldehydes is 1. The van der Waals surface area contributed by atoms with Crippen LogP contribution in [0.5, 0.6) is 5.75 Å². The van der Waals surface area contributed by atoms with Crippen LogP contribution in [0.3, 0.4) is 0 Å². The van der Waals surface area contributed by atoms with Crippen molar-refractivity contribution in [2.45, 2.75) is 31.7 Å². The number of hydrogen-bond acceptors (Lipinski definition) is 4. The zero-order valence-corrected chi connectivity index (χ0v) is 16.1. The van der Waals surface area contributed by atoms with E-state index in [0.717, 1.165) is 42.9 Å². The smallest absolute Gasteiger partial charge is 0.255 e. The Morgan fingerprint density at radius 3 is 2.72 bits per heavy atom. The largest absolute Gasteiger partial charge is 0.494 e. The number of aromatic nitrogens is 2. The average molecular weight is 395 g/mol. The summed E-state index contributed by atoms with van der Waals surface area (Å²) in [5, 5.41) is 8.34. The van der Waals surface area contributed by atoms with Crippen molar-refractivity contribution in [1.29, 1.82) is 0 Å². The number of rotatable bonds is 5. The number of anilines is 1. The highest BCUT2D eigenvalue weighted by atomic mass is 19.1. The maximum absolute atomic E-state index is 13.4. The van der Waals surface area contributed by atoms with E-state index in [4.69, 9.17) is 4.74 Å². The van der Waals surface area contributed by atoms with Crippen LogP contribution in [0.15, 0.2) is 42.6 Å². The van der Waals surface area contributed by atoms with Gasteiger partial charge in [0.25, 0.3) is 5.91 Å². The molecular formula is C22H22FN3O3. The first-order chi connectivity index (χ1) is 14.1. The predicted molar refractivity (Wildman–Crippen MR) is 108 cm³/mol. The van der Waals surface area contributed by atoms with Crippen molar-refractivity contribution in [2.24, 2.45) is 5.92 Å². The molecule has 2 aromatic carbocycles. The monoisotopic (exact) mass is 395 g/mol. The van der Waals surface area contributed by atoms with Crippen LogP contribution < -0.4 is 10.1 Å². The molecule has 0 saturated heterocycles. The summed E-state index contributed by atoms with van der Waals surface area (Å²) in [5.41, 5.74) is 1.50. The minimum atomic E-state index is -0.467. The summed E-state index contributed by atoms with van der Waals surface area (Å²) >= 11 is 0. The fraction of sp³-hybridized carbons (Fsp3) is 0.318. The Labute approximate surface area is 167 Å². The standard InChI is InChI=1S/C22H22FN3O3/c1-29-21-11-19-16(12-26(25-19)18-7-5-14(13-27)6-8-18)10-20(21)24-22(28)15-3-2-4-17(23)9-15/h2-4,9-14,18H,5-8H2,1H3,(H,24,28). The van der Waals surface area contributed by atoms with Crippen LogP contribution in [0.4, 0.5) is 10.1 Å². The molecule has 1 aromatic heterocycles. The van der Waals surface area contributed by atoms with E-state index in [1.165, 1.54) is 25.3 Å². The van der Waals surface area contributed by atoms with Gasteiger partial charge in [-0.2, -0.15) is 5.10 Å². The van der Waals surface area contributed by atoms with Gasteiger partial charge in [0, 0.05) is 29.1 Å². The van der Waals surface area contributed by atoms with Crippen molar-refractivity contribution >= 4 is 28.8 Å². The number of hydrogen-bond donors (Lipinski definition) is 1. The minimum Gasteiger partial charge on any atom is -0.494 e. The molecule has 1 N–H and O–H groups in total. The second-order valence-electron chi connectivity index (χ2n) is 7.39. The highest BCUT2D eigenvalue weighted by Crippen LogP contribution is 2.34. The van der Waals surface area contributed by atoms with Crippen LogP contribution in [0.1, 0.15) is 42.1 Å². The molecule has 1 fully saturated rings. The van der Waals surface area contributed by atoms with Crippen LogP contribution in [0, 0.1) is 11.7 Å². The molecule has 4 rings (SSSR count). The maximum atomic E-state index is 13.4. The Balaban J connectivity index is 1.60. The molecule has 3 aromatic rings. The molecular weight excluding hydrogens is 373 g/mol. The molecule has 6 nitrogen and oxygen atoms in total. The van der Waals surface area contributed by atoms with E-state index >= 15 is 0 Å². The number of methoxy groups -OCH3 is 1. The van der Waals surface area contributed by atoms with Crippen molar-refractivity contribution in [3.8, 4) is 5.75 Å². The number of halogens is 1. The van der Waals surface area contributed by atoms with Crippen molar-refractivity contribution in [3.05, 3.63) is 54.0 Å². The van der Waals surface area contributed by atoms with Gasteiger partial charge in [0.15, 0.2) is 0 Å². The summed E-state index contributed by atoms with van der Waals surface area (Å²) in [6.45, 7) is 0. The third-order valence-corrected chi connectivity index (χ3v) is 5.49. The van der Waals surface area contributed by atoms with Gasteiger partial charge in [-0.05, 0) is 49.9 Å². The first kappa shape index (κ1) is 19.1. The van der Waals surface area contributed by atoms with E-state index in [2.05, 4.69) is 10.4 Å². The second-order valence-corrected chi connectivity index (χ2v) is 7.39. The zero-order chi connectivity index (χ0) is 20.4. The van der Waals surface area contributed by atoms with E-state index in [0.29, 0.717) is 11.4 Å². The maximum Gasteiger partial charge on any atom is 0.255 e. The molecule has 1 aliphatic carbocycles. The van der Waals surface area contributed by atoms with E-state index in [1.54, 1.807) is 12.1 Å². The van der Waals surface area contributed by atoms with E-state index < -0.39 is 11.7 Å². The van der Waals surface area contributed by atoms with Gasteiger partial charge < -0.3 is 14.8 Å². The fourth-order valence-corrected chi connectivity index (χ4v) is 3.85. The Morgan fingerprint density at radius 1 is 1.24 bits per heavy atom. The summed E-state index contributed by atoms with van der Waals surface area (Å²) in [5.74, 6) is -0.245. The van der Waals surface area contributed by atoms with Crippen molar-refractivity contribution < 1.29 is 18.7 Å². The molecule has 7 heteroatoms. The number of carbonyl (C=O) groups excluding carboxylic acids is 2. The van der Waals surface area contributed by atoms with Gasteiger partial charge in [0.1, 0.15) is 17.9 Å². The number of nitrogens with one attached hydrogen (secondary N) is 1. The highest BCUT2D eigenvalue weighted by molar-refractivity contribution is 6.06. The zero-order valence-electron chi connectivity index (χ0n) is 16.1. The van der Waals surface area contributed by atoms with Gasteiger partial charge in [-0.1, -0.05) is 6.07 Å². The van der Waals surface area contributed by atoms with Crippen molar-refractivity contribution in [1.82, 2.24) is 9.78 Å². The topological polar surface area (TPSA) is 73.2 Å². The van der Waals surface area contributed by atoms with E-state index in [-0.39, 0.29) is 17.5 Å². The molecule has 0 unspecified atom stereocenters. The lowest BCUT2D eigenvalue weighted by Crippen LogP contribution is -2.19. The third-order valence-electron chi connectivity index (χ3n) is 5.49. The molecule has 0 aliphatic heterocycles. The molecule has 1 aliphatic rings. The molecule has 0 spiro atoms. The Kier molecular flexibility index (Phi) is 5.29. The van der Waals surface area contributed by atoms with Gasteiger partial charge in [0.05, 0.1) is 24.4 Å². The third kappa shape index (κ3) is 3.99. The first-order valence-electron chi connectivity index (χ1n) is 9.66. The number of fused-ring (bicyclic) bond motifs is 1. The molecule has 1 heterocycles. The number of ether oxygens (including phenoxy) is 1. The molecule has 0 atom stereocenters. The van der Waals surface area contributed by atoms with Crippen molar-refractivity contribution in [3.63, 3.8) is 0 Å². The molecule has 150 valence electrons. The molecule has 0 radical (unpaired) electrons. The van der Waals surface area contributed by atoms with Gasteiger partial charge >= 0.3 is 0 Å². The summed E-state index contributed by atoms with van der Waals surface area (Å²) < 4.78 is 20.8. The molecule has 1 amide bonds. The van der Waals surface area contributed by atoms with Gasteiger partial charge in [0.2, 0.25) is 0 Å². The summed E-state index contributed by atoms with van der Waals surface area (Å²) in [7, 11) is 1.52. The van der Waals surface area contributed by atoms with Crippen LogP contribution in [-0.4, -0.2) is 29.1 Å². The summed E-state index contributed by atoms with van der Waals surface area (Å²) in [4.78, 5) is 23.5. The normalized spacial score (nSPS) is 19.1. The minimum absolute atomic E-state index is 0.154. The van der Waals surface area contributed by atoms with Crippen molar-refractivity contribution in [2.75, 3.05) is 12.4 Å². The Bertz CT molecular complexity index is 1050. The van der Waals surface area contributed by atoms with Crippen LogP contribution in [0.2, 0.25) is 0 Å². The van der Waals surface area contributed by atoms with Crippen LogP contribution in [-0.2, 0) is 4.79 Å². The number of benzene rings is 2. The molecule has 1 saturated carbocycles.